The second-order valence-electron chi connectivity index (χ2n) is 5.17. The SMILES string of the molecule is C[C@@H]1c2ccccc2CN1C(C)(C)C. The predicted molar refractivity (Wildman–Crippen MR) is 60.2 cm³/mol. The lowest BCUT2D eigenvalue weighted by atomic mass is 10.0. The Morgan fingerprint density at radius 2 is 1.86 bits per heavy atom. The molecule has 0 saturated carbocycles. The molecule has 0 radical (unpaired) electrons. The van der Waals surface area contributed by atoms with Gasteiger partial charge in [0.1, 0.15) is 0 Å². The van der Waals surface area contributed by atoms with Gasteiger partial charge in [-0.25, -0.2) is 0 Å². The first-order valence-corrected chi connectivity index (χ1v) is 5.34. The summed E-state index contributed by atoms with van der Waals surface area (Å²) >= 11 is 0. The molecule has 1 aliphatic rings. The highest BCUT2D eigenvalue weighted by atomic mass is 15.2. The highest BCUT2D eigenvalue weighted by Crippen LogP contribution is 2.37. The number of rotatable bonds is 0. The molecule has 1 heteroatoms. The summed E-state index contributed by atoms with van der Waals surface area (Å²) in [6, 6.07) is 9.34. The van der Waals surface area contributed by atoms with Gasteiger partial charge in [0.2, 0.25) is 0 Å². The van der Waals surface area contributed by atoms with Gasteiger partial charge in [0, 0.05) is 18.1 Å². The zero-order valence-electron chi connectivity index (χ0n) is 9.54. The zero-order chi connectivity index (χ0) is 10.3. The Hall–Kier alpha value is -0.820. The van der Waals surface area contributed by atoms with Crippen molar-refractivity contribution in [2.24, 2.45) is 0 Å². The molecule has 0 spiro atoms. The average Bonchev–Trinajstić information content (AvgIpc) is 2.44. The van der Waals surface area contributed by atoms with E-state index < -0.39 is 0 Å². The topological polar surface area (TPSA) is 3.24 Å². The predicted octanol–water partition coefficient (Wildman–Crippen LogP) is 3.36. The van der Waals surface area contributed by atoms with Crippen molar-refractivity contribution in [3.05, 3.63) is 35.4 Å². The second-order valence-corrected chi connectivity index (χ2v) is 5.17. The molecule has 0 saturated heterocycles. The molecule has 0 N–H and O–H groups in total. The number of fused-ring (bicyclic) bond motifs is 1. The lowest BCUT2D eigenvalue weighted by molar-refractivity contribution is 0.100. The fraction of sp³-hybridized carbons (Fsp3) is 0.538. The quantitative estimate of drug-likeness (QED) is 0.605. The fourth-order valence-electron chi connectivity index (χ4n) is 2.39. The van der Waals surface area contributed by atoms with Gasteiger partial charge >= 0.3 is 0 Å². The molecule has 1 heterocycles. The van der Waals surface area contributed by atoms with E-state index in [2.05, 4.69) is 56.9 Å². The Morgan fingerprint density at radius 1 is 1.21 bits per heavy atom. The molecule has 0 aromatic heterocycles. The molecule has 2 rings (SSSR count). The van der Waals surface area contributed by atoms with Crippen LogP contribution in [0.25, 0.3) is 0 Å². The van der Waals surface area contributed by atoms with E-state index in [1.165, 1.54) is 11.1 Å². The van der Waals surface area contributed by atoms with E-state index in [9.17, 15) is 0 Å². The zero-order valence-corrected chi connectivity index (χ0v) is 9.54. The standard InChI is InChI=1S/C13H19N/c1-10-12-8-6-5-7-11(12)9-14(10)13(2,3)4/h5-8,10H,9H2,1-4H3/t10-/m1/s1. The summed E-state index contributed by atoms with van der Waals surface area (Å²) in [6.07, 6.45) is 0. The van der Waals surface area contributed by atoms with Crippen LogP contribution in [0.2, 0.25) is 0 Å². The van der Waals surface area contributed by atoms with E-state index in [-0.39, 0.29) is 5.54 Å². The van der Waals surface area contributed by atoms with E-state index in [4.69, 9.17) is 0 Å². The van der Waals surface area contributed by atoms with Crippen LogP contribution in [-0.4, -0.2) is 10.4 Å². The van der Waals surface area contributed by atoms with Gasteiger partial charge in [-0.3, -0.25) is 4.90 Å². The van der Waals surface area contributed by atoms with Gasteiger partial charge in [0.05, 0.1) is 0 Å². The van der Waals surface area contributed by atoms with Crippen molar-refractivity contribution >= 4 is 0 Å². The maximum absolute atomic E-state index is 2.55. The van der Waals surface area contributed by atoms with Crippen molar-refractivity contribution in [3.8, 4) is 0 Å². The lowest BCUT2D eigenvalue weighted by Gasteiger charge is -2.35. The molecule has 0 aliphatic carbocycles. The molecule has 76 valence electrons. The Morgan fingerprint density at radius 3 is 2.43 bits per heavy atom. The number of hydrogen-bond acceptors (Lipinski definition) is 1. The Kier molecular flexibility index (Phi) is 2.15. The van der Waals surface area contributed by atoms with E-state index in [0.717, 1.165) is 6.54 Å². The van der Waals surface area contributed by atoms with Crippen molar-refractivity contribution in [2.75, 3.05) is 0 Å². The summed E-state index contributed by atoms with van der Waals surface area (Å²) in [7, 11) is 0. The van der Waals surface area contributed by atoms with Crippen molar-refractivity contribution in [1.82, 2.24) is 4.90 Å². The maximum Gasteiger partial charge on any atom is 0.0331 e. The van der Waals surface area contributed by atoms with E-state index in [0.29, 0.717) is 6.04 Å². The Labute approximate surface area is 86.7 Å². The fourth-order valence-corrected chi connectivity index (χ4v) is 2.39. The first-order chi connectivity index (χ1) is 6.50. The van der Waals surface area contributed by atoms with Crippen LogP contribution in [0.15, 0.2) is 24.3 Å². The van der Waals surface area contributed by atoms with Gasteiger partial charge < -0.3 is 0 Å². The molecular weight excluding hydrogens is 170 g/mol. The molecule has 1 atom stereocenters. The van der Waals surface area contributed by atoms with Gasteiger partial charge in [-0.1, -0.05) is 24.3 Å². The Balaban J connectivity index is 2.35. The summed E-state index contributed by atoms with van der Waals surface area (Å²) in [4.78, 5) is 2.55. The maximum atomic E-state index is 2.55. The minimum absolute atomic E-state index is 0.262. The number of nitrogens with zero attached hydrogens (tertiary/aromatic N) is 1. The summed E-state index contributed by atoms with van der Waals surface area (Å²) < 4.78 is 0. The van der Waals surface area contributed by atoms with Gasteiger partial charge in [-0.05, 0) is 38.8 Å². The molecule has 0 bridgehead atoms. The van der Waals surface area contributed by atoms with Crippen LogP contribution in [0, 0.1) is 0 Å². The first-order valence-electron chi connectivity index (χ1n) is 5.34. The summed E-state index contributed by atoms with van der Waals surface area (Å²) in [5.74, 6) is 0. The molecule has 1 aromatic carbocycles. The minimum Gasteiger partial charge on any atom is -0.287 e. The first kappa shape index (κ1) is 9.72. The third-order valence-electron chi connectivity index (χ3n) is 3.18. The van der Waals surface area contributed by atoms with E-state index in [1.54, 1.807) is 0 Å². The van der Waals surface area contributed by atoms with Crippen molar-refractivity contribution in [3.63, 3.8) is 0 Å². The number of hydrogen-bond donors (Lipinski definition) is 0. The molecule has 1 aromatic rings. The normalized spacial score (nSPS) is 22.4. The average molecular weight is 189 g/mol. The molecule has 0 unspecified atom stereocenters. The molecule has 0 amide bonds. The molecule has 1 nitrogen and oxygen atoms in total. The van der Waals surface area contributed by atoms with Crippen LogP contribution in [0.4, 0.5) is 0 Å². The third-order valence-corrected chi connectivity index (χ3v) is 3.18. The number of benzene rings is 1. The molecule has 14 heavy (non-hydrogen) atoms. The van der Waals surface area contributed by atoms with Crippen molar-refractivity contribution in [1.29, 1.82) is 0 Å². The van der Waals surface area contributed by atoms with E-state index in [1.807, 2.05) is 0 Å². The highest BCUT2D eigenvalue weighted by molar-refractivity contribution is 5.34. The molecular formula is C13H19N. The molecule has 1 aliphatic heterocycles. The molecule has 0 fully saturated rings. The van der Waals surface area contributed by atoms with Crippen molar-refractivity contribution < 1.29 is 0 Å². The van der Waals surface area contributed by atoms with Crippen LogP contribution < -0.4 is 0 Å². The lowest BCUT2D eigenvalue weighted by Crippen LogP contribution is -2.38. The van der Waals surface area contributed by atoms with Crippen LogP contribution in [0.5, 0.6) is 0 Å². The van der Waals surface area contributed by atoms with Crippen LogP contribution >= 0.6 is 0 Å². The van der Waals surface area contributed by atoms with Gasteiger partial charge in [-0.2, -0.15) is 0 Å². The van der Waals surface area contributed by atoms with Gasteiger partial charge in [0.25, 0.3) is 0 Å². The van der Waals surface area contributed by atoms with Crippen LogP contribution in [0.1, 0.15) is 44.9 Å². The van der Waals surface area contributed by atoms with Crippen LogP contribution in [0.3, 0.4) is 0 Å². The van der Waals surface area contributed by atoms with Crippen molar-refractivity contribution in [2.45, 2.75) is 45.8 Å². The third kappa shape index (κ3) is 1.46. The summed E-state index contributed by atoms with van der Waals surface area (Å²) in [5.41, 5.74) is 3.26. The smallest absolute Gasteiger partial charge is 0.0331 e. The summed E-state index contributed by atoms with van der Waals surface area (Å²) in [6.45, 7) is 10.3. The summed E-state index contributed by atoms with van der Waals surface area (Å²) in [5, 5.41) is 0. The van der Waals surface area contributed by atoms with Gasteiger partial charge in [0.15, 0.2) is 0 Å². The van der Waals surface area contributed by atoms with Gasteiger partial charge in [-0.15, -0.1) is 0 Å². The minimum atomic E-state index is 0.262. The van der Waals surface area contributed by atoms with Crippen LogP contribution in [-0.2, 0) is 6.54 Å². The highest BCUT2D eigenvalue weighted by Gasteiger charge is 2.33. The second kappa shape index (κ2) is 3.09. The Bertz CT molecular complexity index is 335. The largest absolute Gasteiger partial charge is 0.287 e. The van der Waals surface area contributed by atoms with E-state index >= 15 is 0 Å². The monoisotopic (exact) mass is 189 g/mol.